The number of hydrogen-bond donors (Lipinski definition) is 0. The van der Waals surface area contributed by atoms with Gasteiger partial charge in [-0.15, -0.1) is 0 Å². The van der Waals surface area contributed by atoms with E-state index in [0.717, 1.165) is 8.95 Å². The van der Waals surface area contributed by atoms with Gasteiger partial charge in [0.1, 0.15) is 11.5 Å². The van der Waals surface area contributed by atoms with E-state index in [4.69, 9.17) is 27.9 Å². The Morgan fingerprint density at radius 1 is 0.765 bits per heavy atom. The first-order valence-electron chi connectivity index (χ1n) is 4.64. The van der Waals surface area contributed by atoms with Crippen LogP contribution in [0.25, 0.3) is 0 Å². The maximum Gasteiger partial charge on any atom is 0.141 e. The number of ether oxygens (including phenoxy) is 1. The molecule has 5 heteroatoms. The second-order valence-electron chi connectivity index (χ2n) is 3.25. The Bertz CT molecular complexity index is 509. The van der Waals surface area contributed by atoms with Gasteiger partial charge >= 0.3 is 0 Å². The summed E-state index contributed by atoms with van der Waals surface area (Å²) in [4.78, 5) is 0. The van der Waals surface area contributed by atoms with Crippen molar-refractivity contribution in [2.24, 2.45) is 0 Å². The molecule has 0 heterocycles. The van der Waals surface area contributed by atoms with Crippen molar-refractivity contribution in [2.75, 3.05) is 0 Å². The molecule has 2 aromatic carbocycles. The monoisotopic (exact) mass is 394 g/mol. The lowest BCUT2D eigenvalue weighted by Crippen LogP contribution is -1.86. The lowest BCUT2D eigenvalue weighted by Gasteiger charge is -2.09. The second kappa shape index (κ2) is 5.61. The summed E-state index contributed by atoms with van der Waals surface area (Å²) < 4.78 is 7.33. The summed E-state index contributed by atoms with van der Waals surface area (Å²) in [6, 6.07) is 10.7. The van der Waals surface area contributed by atoms with Crippen molar-refractivity contribution < 1.29 is 4.74 Å². The molecule has 0 aliphatic heterocycles. The maximum absolute atomic E-state index is 5.86. The SMILES string of the molecule is Clc1ccc(Oc2ccc(Cl)cc2Br)c(Br)c1. The van der Waals surface area contributed by atoms with Gasteiger partial charge in [-0.3, -0.25) is 0 Å². The van der Waals surface area contributed by atoms with Crippen LogP contribution in [0.1, 0.15) is 0 Å². The lowest BCUT2D eigenvalue weighted by molar-refractivity contribution is 0.476. The first kappa shape index (κ1) is 13.2. The highest BCUT2D eigenvalue weighted by molar-refractivity contribution is 9.11. The van der Waals surface area contributed by atoms with Gasteiger partial charge in [0, 0.05) is 10.0 Å². The van der Waals surface area contributed by atoms with Gasteiger partial charge in [0.15, 0.2) is 0 Å². The molecule has 88 valence electrons. The van der Waals surface area contributed by atoms with Crippen molar-refractivity contribution in [1.82, 2.24) is 0 Å². The number of rotatable bonds is 2. The van der Waals surface area contributed by atoms with Gasteiger partial charge in [0.25, 0.3) is 0 Å². The van der Waals surface area contributed by atoms with E-state index < -0.39 is 0 Å². The topological polar surface area (TPSA) is 9.23 Å². The van der Waals surface area contributed by atoms with Crippen molar-refractivity contribution >= 4 is 55.1 Å². The summed E-state index contributed by atoms with van der Waals surface area (Å²) in [5.41, 5.74) is 0. The largest absolute Gasteiger partial charge is 0.455 e. The smallest absolute Gasteiger partial charge is 0.141 e. The van der Waals surface area contributed by atoms with E-state index in [1.54, 1.807) is 36.4 Å². The van der Waals surface area contributed by atoms with Crippen LogP contribution in [0, 0.1) is 0 Å². The third-order valence-corrected chi connectivity index (χ3v) is 3.72. The van der Waals surface area contributed by atoms with E-state index in [1.807, 2.05) is 0 Å². The molecule has 0 atom stereocenters. The minimum atomic E-state index is 0.652. The molecule has 0 unspecified atom stereocenters. The van der Waals surface area contributed by atoms with Crippen molar-refractivity contribution in [3.63, 3.8) is 0 Å². The van der Waals surface area contributed by atoms with Crippen molar-refractivity contribution in [3.8, 4) is 11.5 Å². The molecule has 0 aliphatic carbocycles. The van der Waals surface area contributed by atoms with Crippen molar-refractivity contribution in [3.05, 3.63) is 55.4 Å². The summed E-state index contributed by atoms with van der Waals surface area (Å²) in [6.45, 7) is 0. The third kappa shape index (κ3) is 3.38. The molecule has 0 fully saturated rings. The number of hydrogen-bond acceptors (Lipinski definition) is 1. The Balaban J connectivity index is 2.31. The fourth-order valence-corrected chi connectivity index (χ4v) is 2.76. The highest BCUT2D eigenvalue weighted by Gasteiger charge is 2.07. The molecule has 0 saturated carbocycles. The maximum atomic E-state index is 5.86. The first-order chi connectivity index (χ1) is 8.06. The minimum Gasteiger partial charge on any atom is -0.455 e. The van der Waals surface area contributed by atoms with Crippen LogP contribution in [-0.4, -0.2) is 0 Å². The van der Waals surface area contributed by atoms with E-state index >= 15 is 0 Å². The molecule has 0 spiro atoms. The molecule has 1 nitrogen and oxygen atoms in total. The summed E-state index contributed by atoms with van der Waals surface area (Å²) in [5, 5.41) is 1.30. The second-order valence-corrected chi connectivity index (χ2v) is 5.83. The van der Waals surface area contributed by atoms with Crippen LogP contribution in [0.15, 0.2) is 45.3 Å². The summed E-state index contributed by atoms with van der Waals surface area (Å²) >= 11 is 18.5. The van der Waals surface area contributed by atoms with Crippen LogP contribution >= 0.6 is 55.1 Å². The highest BCUT2D eigenvalue weighted by atomic mass is 79.9. The van der Waals surface area contributed by atoms with Gasteiger partial charge < -0.3 is 4.74 Å². The molecule has 0 aromatic heterocycles. The van der Waals surface area contributed by atoms with Crippen molar-refractivity contribution in [2.45, 2.75) is 0 Å². The summed E-state index contributed by atoms with van der Waals surface area (Å²) in [5.74, 6) is 1.38. The zero-order valence-electron chi connectivity index (χ0n) is 8.38. The number of halogens is 4. The first-order valence-corrected chi connectivity index (χ1v) is 6.98. The summed E-state index contributed by atoms with van der Waals surface area (Å²) in [7, 11) is 0. The van der Waals surface area contributed by atoms with E-state index in [1.165, 1.54) is 0 Å². The van der Waals surface area contributed by atoms with E-state index in [-0.39, 0.29) is 0 Å². The van der Waals surface area contributed by atoms with E-state index in [0.29, 0.717) is 21.5 Å². The average Bonchev–Trinajstić information content (AvgIpc) is 2.25. The molecule has 0 saturated heterocycles. The Kier molecular flexibility index (Phi) is 4.36. The normalized spacial score (nSPS) is 10.4. The van der Waals surface area contributed by atoms with E-state index in [9.17, 15) is 0 Å². The quantitative estimate of drug-likeness (QED) is 0.577. The third-order valence-electron chi connectivity index (χ3n) is 2.01. The molecular weight excluding hydrogens is 391 g/mol. The van der Waals surface area contributed by atoms with Crippen LogP contribution in [0.2, 0.25) is 10.0 Å². The predicted molar refractivity (Wildman–Crippen MR) is 78.4 cm³/mol. The Morgan fingerprint density at radius 2 is 1.18 bits per heavy atom. The van der Waals surface area contributed by atoms with Crippen LogP contribution in [0.4, 0.5) is 0 Å². The lowest BCUT2D eigenvalue weighted by atomic mass is 10.3. The predicted octanol–water partition coefficient (Wildman–Crippen LogP) is 6.31. The van der Waals surface area contributed by atoms with Crippen LogP contribution in [-0.2, 0) is 0 Å². The van der Waals surface area contributed by atoms with Crippen LogP contribution in [0.5, 0.6) is 11.5 Å². The molecule has 0 radical (unpaired) electrons. The zero-order valence-corrected chi connectivity index (χ0v) is 13.1. The van der Waals surface area contributed by atoms with E-state index in [2.05, 4.69) is 31.9 Å². The van der Waals surface area contributed by atoms with Gasteiger partial charge in [-0.25, -0.2) is 0 Å². The van der Waals surface area contributed by atoms with Gasteiger partial charge in [-0.2, -0.15) is 0 Å². The fraction of sp³-hybridized carbons (Fsp3) is 0. The minimum absolute atomic E-state index is 0.652. The molecule has 2 rings (SSSR count). The van der Waals surface area contributed by atoms with Gasteiger partial charge in [-0.1, -0.05) is 23.2 Å². The molecule has 0 amide bonds. The Morgan fingerprint density at radius 3 is 1.53 bits per heavy atom. The average molecular weight is 397 g/mol. The zero-order chi connectivity index (χ0) is 12.4. The van der Waals surface area contributed by atoms with Gasteiger partial charge in [-0.05, 0) is 68.3 Å². The standard InChI is InChI=1S/C12H6Br2Cl2O/c13-9-5-7(15)1-3-11(9)17-12-4-2-8(16)6-10(12)14/h1-6H. The molecule has 2 aromatic rings. The Hall–Kier alpha value is -0.220. The molecule has 17 heavy (non-hydrogen) atoms. The molecular formula is C12H6Br2Cl2O. The molecule has 0 aliphatic rings. The van der Waals surface area contributed by atoms with Gasteiger partial charge in [0.05, 0.1) is 8.95 Å². The fourth-order valence-electron chi connectivity index (χ4n) is 1.23. The van der Waals surface area contributed by atoms with Crippen LogP contribution in [0.3, 0.4) is 0 Å². The molecule has 0 N–H and O–H groups in total. The molecule has 0 bridgehead atoms. The highest BCUT2D eigenvalue weighted by Crippen LogP contribution is 2.36. The van der Waals surface area contributed by atoms with Crippen molar-refractivity contribution in [1.29, 1.82) is 0 Å². The summed E-state index contributed by atoms with van der Waals surface area (Å²) in [6.07, 6.45) is 0. The number of benzene rings is 2. The van der Waals surface area contributed by atoms with Gasteiger partial charge in [0.2, 0.25) is 0 Å². The van der Waals surface area contributed by atoms with Crippen LogP contribution < -0.4 is 4.74 Å². The Labute approximate surface area is 126 Å².